The number of amides is 2. The first-order valence-electron chi connectivity index (χ1n) is 7.43. The Kier molecular flexibility index (Phi) is 4.61. The molecule has 2 aliphatic rings. The van der Waals surface area contributed by atoms with Crippen molar-refractivity contribution in [3.63, 3.8) is 0 Å². The molecule has 116 valence electrons. The Labute approximate surface area is 133 Å². The Bertz CT molecular complexity index is 503. The highest BCUT2D eigenvalue weighted by atomic mass is 35.5. The number of hydrogen-bond donors (Lipinski definition) is 0. The molecule has 2 amide bonds. The quantitative estimate of drug-likeness (QED) is 0.846. The summed E-state index contributed by atoms with van der Waals surface area (Å²) in [6, 6.07) is 0.594. The molecule has 2 fully saturated rings. The molecule has 21 heavy (non-hydrogen) atoms. The minimum absolute atomic E-state index is 0.211. The van der Waals surface area contributed by atoms with E-state index in [4.69, 9.17) is 11.6 Å². The molecular formula is C13H20ClN5OS. The van der Waals surface area contributed by atoms with Crippen LogP contribution in [0.2, 0.25) is 4.34 Å². The molecule has 0 aliphatic carbocycles. The number of likely N-dealkylation sites (N-methyl/N-ethyl adjacent to an activating group) is 1. The fourth-order valence-corrected chi connectivity index (χ4v) is 3.74. The maximum Gasteiger partial charge on any atom is 0.320 e. The van der Waals surface area contributed by atoms with Gasteiger partial charge in [-0.1, -0.05) is 16.1 Å². The van der Waals surface area contributed by atoms with Crippen molar-refractivity contribution in [3.8, 4) is 0 Å². The lowest BCUT2D eigenvalue weighted by Crippen LogP contribution is -2.46. The number of halogens is 1. The van der Waals surface area contributed by atoms with Crippen LogP contribution in [0.5, 0.6) is 0 Å². The highest BCUT2D eigenvalue weighted by Crippen LogP contribution is 2.24. The van der Waals surface area contributed by atoms with Gasteiger partial charge in [0.05, 0.1) is 0 Å². The van der Waals surface area contributed by atoms with Crippen molar-refractivity contribution in [2.24, 2.45) is 0 Å². The molecular weight excluding hydrogens is 310 g/mol. The third-order valence-electron chi connectivity index (χ3n) is 4.39. The van der Waals surface area contributed by atoms with Crippen LogP contribution < -0.4 is 0 Å². The van der Waals surface area contributed by atoms with Gasteiger partial charge in [-0.15, -0.1) is 5.10 Å². The second-order valence-electron chi connectivity index (χ2n) is 5.56. The van der Waals surface area contributed by atoms with Crippen LogP contribution in [0.15, 0.2) is 0 Å². The Hall–Kier alpha value is -0.920. The largest absolute Gasteiger partial charge is 0.323 e. The molecule has 6 nitrogen and oxygen atoms in total. The molecule has 0 aromatic carbocycles. The van der Waals surface area contributed by atoms with Crippen LogP contribution in [0, 0.1) is 0 Å². The summed E-state index contributed by atoms with van der Waals surface area (Å²) in [5.41, 5.74) is 0.870. The molecule has 3 heterocycles. The SMILES string of the molecule is CCN1CCN(C2CCN(Cc3nnsc3Cl)CC2)C1=O. The van der Waals surface area contributed by atoms with Gasteiger partial charge in [0.2, 0.25) is 0 Å². The number of piperidine rings is 1. The third kappa shape index (κ3) is 3.14. The van der Waals surface area contributed by atoms with Crippen molar-refractivity contribution in [1.82, 2.24) is 24.3 Å². The lowest BCUT2D eigenvalue weighted by molar-refractivity contribution is 0.126. The number of nitrogens with zero attached hydrogens (tertiary/aromatic N) is 5. The number of urea groups is 1. The first kappa shape index (κ1) is 15.0. The summed E-state index contributed by atoms with van der Waals surface area (Å²) in [6.45, 7) is 7.31. The minimum Gasteiger partial charge on any atom is -0.323 e. The summed E-state index contributed by atoms with van der Waals surface area (Å²) in [4.78, 5) is 18.5. The van der Waals surface area contributed by atoms with Crippen LogP contribution in [0.25, 0.3) is 0 Å². The van der Waals surface area contributed by atoms with E-state index in [2.05, 4.69) is 19.4 Å². The first-order chi connectivity index (χ1) is 10.2. The number of carbonyl (C=O) groups is 1. The lowest BCUT2D eigenvalue weighted by Gasteiger charge is -2.36. The van der Waals surface area contributed by atoms with Crippen LogP contribution in [0.4, 0.5) is 4.79 Å². The van der Waals surface area contributed by atoms with Gasteiger partial charge in [0.15, 0.2) is 0 Å². The zero-order valence-corrected chi connectivity index (χ0v) is 13.7. The zero-order valence-electron chi connectivity index (χ0n) is 12.2. The van der Waals surface area contributed by atoms with Gasteiger partial charge in [0, 0.05) is 56.8 Å². The molecule has 0 atom stereocenters. The second-order valence-corrected chi connectivity index (χ2v) is 6.91. The maximum atomic E-state index is 12.2. The smallest absolute Gasteiger partial charge is 0.320 e. The van der Waals surface area contributed by atoms with Crippen molar-refractivity contribution in [1.29, 1.82) is 0 Å². The summed E-state index contributed by atoms with van der Waals surface area (Å²) >= 11 is 7.29. The van der Waals surface area contributed by atoms with Crippen molar-refractivity contribution in [2.45, 2.75) is 32.4 Å². The van der Waals surface area contributed by atoms with Gasteiger partial charge >= 0.3 is 6.03 Å². The minimum atomic E-state index is 0.211. The molecule has 3 rings (SSSR count). The van der Waals surface area contributed by atoms with Gasteiger partial charge in [-0.25, -0.2) is 4.79 Å². The van der Waals surface area contributed by atoms with E-state index in [-0.39, 0.29) is 6.03 Å². The topological polar surface area (TPSA) is 52.6 Å². The zero-order chi connectivity index (χ0) is 14.8. The molecule has 0 unspecified atom stereocenters. The normalized spacial score (nSPS) is 21.5. The fraction of sp³-hybridized carbons (Fsp3) is 0.769. The van der Waals surface area contributed by atoms with Gasteiger partial charge in [0.25, 0.3) is 0 Å². The van der Waals surface area contributed by atoms with Crippen molar-refractivity contribution >= 4 is 29.2 Å². The Morgan fingerprint density at radius 3 is 2.62 bits per heavy atom. The van der Waals surface area contributed by atoms with E-state index in [1.807, 2.05) is 11.8 Å². The number of hydrogen-bond acceptors (Lipinski definition) is 5. The van der Waals surface area contributed by atoms with E-state index < -0.39 is 0 Å². The molecule has 0 spiro atoms. The average molecular weight is 330 g/mol. The summed E-state index contributed by atoms with van der Waals surface area (Å²) in [5.74, 6) is 0. The summed E-state index contributed by atoms with van der Waals surface area (Å²) in [7, 11) is 0. The van der Waals surface area contributed by atoms with Crippen molar-refractivity contribution < 1.29 is 4.79 Å². The van der Waals surface area contributed by atoms with Gasteiger partial charge in [-0.3, -0.25) is 4.90 Å². The van der Waals surface area contributed by atoms with Crippen LogP contribution in [-0.2, 0) is 6.54 Å². The van der Waals surface area contributed by atoms with Crippen molar-refractivity contribution in [3.05, 3.63) is 10.0 Å². The highest BCUT2D eigenvalue weighted by Gasteiger charge is 2.34. The van der Waals surface area contributed by atoms with E-state index in [1.165, 1.54) is 11.5 Å². The van der Waals surface area contributed by atoms with Crippen LogP contribution >= 0.6 is 23.1 Å². The Morgan fingerprint density at radius 2 is 2.05 bits per heavy atom. The number of aromatic nitrogens is 2. The highest BCUT2D eigenvalue weighted by molar-refractivity contribution is 7.10. The number of carbonyl (C=O) groups excluding carboxylic acids is 1. The van der Waals surface area contributed by atoms with Gasteiger partial charge in [0.1, 0.15) is 10.0 Å². The standard InChI is InChI=1S/C13H20ClN5OS/c1-2-18-7-8-19(13(18)20)10-3-5-17(6-4-10)9-11-12(14)21-16-15-11/h10H,2-9H2,1H3. The second kappa shape index (κ2) is 6.46. The van der Waals surface area contributed by atoms with E-state index in [1.54, 1.807) is 0 Å². The molecule has 0 bridgehead atoms. The molecule has 1 aromatic rings. The molecule has 2 aliphatic heterocycles. The fourth-order valence-electron chi connectivity index (χ4n) is 3.13. The van der Waals surface area contributed by atoms with Gasteiger partial charge in [-0.2, -0.15) is 0 Å². The third-order valence-corrected chi connectivity index (χ3v) is 5.37. The Morgan fingerprint density at radius 1 is 1.29 bits per heavy atom. The monoisotopic (exact) mass is 329 g/mol. The van der Waals surface area contributed by atoms with E-state index >= 15 is 0 Å². The maximum absolute atomic E-state index is 12.2. The van der Waals surface area contributed by atoms with Crippen LogP contribution in [-0.4, -0.2) is 69.1 Å². The van der Waals surface area contributed by atoms with Crippen molar-refractivity contribution in [2.75, 3.05) is 32.7 Å². The molecule has 0 N–H and O–H groups in total. The predicted octanol–water partition coefficient (Wildman–Crippen LogP) is 1.91. The van der Waals surface area contributed by atoms with Crippen LogP contribution in [0.1, 0.15) is 25.5 Å². The number of rotatable bonds is 4. The summed E-state index contributed by atoms with van der Waals surface area (Å²) < 4.78 is 4.55. The molecule has 1 aromatic heterocycles. The van der Waals surface area contributed by atoms with Gasteiger partial charge in [-0.05, 0) is 19.8 Å². The molecule has 8 heteroatoms. The average Bonchev–Trinajstić information content (AvgIpc) is 3.06. The van der Waals surface area contributed by atoms with E-state index in [0.717, 1.165) is 57.8 Å². The number of likely N-dealkylation sites (tertiary alicyclic amines) is 1. The van der Waals surface area contributed by atoms with Gasteiger partial charge < -0.3 is 9.80 Å². The molecule has 2 saturated heterocycles. The lowest BCUT2D eigenvalue weighted by atomic mass is 10.0. The predicted molar refractivity (Wildman–Crippen MR) is 82.6 cm³/mol. The summed E-state index contributed by atoms with van der Waals surface area (Å²) in [5, 5.41) is 4.06. The Balaban J connectivity index is 1.51. The first-order valence-corrected chi connectivity index (χ1v) is 8.58. The van der Waals surface area contributed by atoms with Crippen LogP contribution in [0.3, 0.4) is 0 Å². The molecule has 0 radical (unpaired) electrons. The van der Waals surface area contributed by atoms with E-state index in [0.29, 0.717) is 10.4 Å². The molecule has 0 saturated carbocycles. The summed E-state index contributed by atoms with van der Waals surface area (Å²) in [6.07, 6.45) is 2.05. The van der Waals surface area contributed by atoms with E-state index in [9.17, 15) is 4.79 Å².